The first-order chi connectivity index (χ1) is 13.6. The summed E-state index contributed by atoms with van der Waals surface area (Å²) in [6, 6.07) is 13.4. The van der Waals surface area contributed by atoms with Crippen molar-refractivity contribution < 1.29 is 9.87 Å². The Morgan fingerprint density at radius 1 is 1.09 bits per heavy atom. The number of nitrogens with zero attached hydrogens (tertiary/aromatic N) is 3. The van der Waals surface area contributed by atoms with E-state index in [1.54, 1.807) is 0 Å². The maximum Gasteiger partial charge on any atom is 0.204 e. The van der Waals surface area contributed by atoms with Crippen molar-refractivity contribution in [1.29, 1.82) is 0 Å². The lowest BCUT2D eigenvalue weighted by Crippen LogP contribution is -2.41. The van der Waals surface area contributed by atoms with Crippen molar-refractivity contribution in [2.24, 2.45) is 5.73 Å². The second-order valence-corrected chi connectivity index (χ2v) is 8.15. The number of fused-ring (bicyclic) bond motifs is 1. The van der Waals surface area contributed by atoms with Crippen LogP contribution in [0.3, 0.4) is 0 Å². The van der Waals surface area contributed by atoms with Gasteiger partial charge in [0.15, 0.2) is 0 Å². The summed E-state index contributed by atoms with van der Waals surface area (Å²) in [6.07, 6.45) is 2.15. The number of halogens is 5. The van der Waals surface area contributed by atoms with E-state index in [1.165, 1.54) is 12.1 Å². The van der Waals surface area contributed by atoms with Crippen molar-refractivity contribution in [2.45, 2.75) is 25.4 Å². The molecule has 11 heteroatoms. The third kappa shape index (κ3) is 7.48. The first-order valence-electron chi connectivity index (χ1n) is 9.72. The summed E-state index contributed by atoms with van der Waals surface area (Å²) in [5.41, 5.74) is 8.73. The number of hydrogen-bond donors (Lipinski definition) is 2. The first kappa shape index (κ1) is 31.4. The van der Waals surface area contributed by atoms with E-state index in [4.69, 9.17) is 10.7 Å². The van der Waals surface area contributed by atoms with Gasteiger partial charge in [-0.2, -0.15) is 0 Å². The Morgan fingerprint density at radius 2 is 1.78 bits per heavy atom. The van der Waals surface area contributed by atoms with E-state index in [-0.39, 0.29) is 62.2 Å². The Labute approximate surface area is 227 Å². The third-order valence-electron chi connectivity index (χ3n) is 5.36. The number of nitrogens with two attached hydrogens (primary N) is 1. The van der Waals surface area contributed by atoms with Crippen LogP contribution < -0.4 is 11.1 Å². The van der Waals surface area contributed by atoms with Crippen LogP contribution in [0.15, 0.2) is 46.9 Å². The molecule has 0 bridgehead atoms. The van der Waals surface area contributed by atoms with Crippen molar-refractivity contribution in [2.75, 3.05) is 31.5 Å². The van der Waals surface area contributed by atoms with Crippen molar-refractivity contribution in [3.05, 3.63) is 58.3 Å². The molecule has 1 saturated heterocycles. The molecular weight excluding hydrogens is 677 g/mol. The van der Waals surface area contributed by atoms with E-state index in [1.807, 2.05) is 24.3 Å². The number of imidazole rings is 1. The van der Waals surface area contributed by atoms with E-state index in [2.05, 4.69) is 36.8 Å². The lowest BCUT2D eigenvalue weighted by atomic mass is 10.1. The van der Waals surface area contributed by atoms with Crippen LogP contribution in [-0.2, 0) is 6.54 Å². The van der Waals surface area contributed by atoms with Gasteiger partial charge in [-0.25, -0.2) is 9.37 Å². The van der Waals surface area contributed by atoms with Crippen molar-refractivity contribution in [1.82, 2.24) is 14.5 Å². The lowest BCUT2D eigenvalue weighted by molar-refractivity contribution is 0.224. The molecule has 4 rings (SSSR count). The van der Waals surface area contributed by atoms with E-state index in [0.29, 0.717) is 19.1 Å². The molecule has 6 nitrogen and oxygen atoms in total. The molecule has 2 heterocycles. The van der Waals surface area contributed by atoms with Crippen LogP contribution in [0, 0.1) is 5.82 Å². The zero-order valence-electron chi connectivity index (χ0n) is 17.5. The molecule has 1 aliphatic heterocycles. The molecule has 0 spiro atoms. The average Bonchev–Trinajstić information content (AvgIpc) is 3.03. The van der Waals surface area contributed by atoms with Crippen LogP contribution in [0.5, 0.6) is 0 Å². The van der Waals surface area contributed by atoms with Gasteiger partial charge in [0.2, 0.25) is 5.95 Å². The van der Waals surface area contributed by atoms with Crippen molar-refractivity contribution in [3.8, 4) is 0 Å². The Balaban J connectivity index is 0.00000240. The topological polar surface area (TPSA) is 90.6 Å². The van der Waals surface area contributed by atoms with E-state index in [9.17, 15) is 4.39 Å². The highest BCUT2D eigenvalue weighted by molar-refractivity contribution is 9.10. The van der Waals surface area contributed by atoms with Gasteiger partial charge in [0.05, 0.1) is 17.6 Å². The summed E-state index contributed by atoms with van der Waals surface area (Å²) in [7, 11) is 0. The number of piperidine rings is 1. The number of benzene rings is 2. The highest BCUT2D eigenvalue weighted by Crippen LogP contribution is 2.26. The molecule has 0 aliphatic carbocycles. The number of aromatic nitrogens is 2. The van der Waals surface area contributed by atoms with Gasteiger partial charge >= 0.3 is 0 Å². The lowest BCUT2D eigenvalue weighted by Gasteiger charge is -2.32. The zero-order chi connectivity index (χ0) is 19.5. The van der Waals surface area contributed by atoms with Crippen LogP contribution >= 0.6 is 66.9 Å². The molecule has 32 heavy (non-hydrogen) atoms. The van der Waals surface area contributed by atoms with Gasteiger partial charge in [-0.1, -0.05) is 34.1 Å². The molecule has 3 aromatic rings. The molecule has 0 saturated carbocycles. The number of para-hydroxylation sites is 2. The van der Waals surface area contributed by atoms with Crippen LogP contribution in [0.25, 0.3) is 11.0 Å². The molecule has 2 aromatic carbocycles. The SMILES string of the molecule is Br.Br.Br.NCCN1CCC(Nc2nc3ccccc3n2Cc2ccc(F)cc2Br)CC1.O. The molecular formula is C21H30Br4FN5O. The second-order valence-electron chi connectivity index (χ2n) is 7.29. The van der Waals surface area contributed by atoms with E-state index < -0.39 is 0 Å². The summed E-state index contributed by atoms with van der Waals surface area (Å²) < 4.78 is 16.4. The first-order valence-corrected chi connectivity index (χ1v) is 10.5. The fourth-order valence-corrected chi connectivity index (χ4v) is 4.31. The van der Waals surface area contributed by atoms with Gasteiger partial charge in [0, 0.05) is 36.7 Å². The summed E-state index contributed by atoms with van der Waals surface area (Å²) in [5, 5.41) is 3.66. The Hall–Kier alpha value is -0.560. The van der Waals surface area contributed by atoms with Crippen molar-refractivity contribution >= 4 is 83.9 Å². The number of anilines is 1. The van der Waals surface area contributed by atoms with Gasteiger partial charge < -0.3 is 26.0 Å². The molecule has 0 amide bonds. The number of nitrogens with one attached hydrogen (secondary N) is 1. The number of hydrogen-bond acceptors (Lipinski definition) is 4. The summed E-state index contributed by atoms with van der Waals surface area (Å²) >= 11 is 3.49. The van der Waals surface area contributed by atoms with E-state index >= 15 is 0 Å². The molecule has 0 unspecified atom stereocenters. The molecule has 1 aromatic heterocycles. The predicted molar refractivity (Wildman–Crippen MR) is 150 cm³/mol. The Morgan fingerprint density at radius 3 is 2.44 bits per heavy atom. The highest BCUT2D eigenvalue weighted by atomic mass is 79.9. The standard InChI is InChI=1S/C21H25BrFN5.3BrH.H2O/c22-18-13-16(23)6-5-15(18)14-28-20-4-2-1-3-19(20)26-21(28)25-17-7-10-27(11-8-17)12-9-24;;;;/h1-6,13,17H,7-12,14,24H2,(H,25,26);3*1H;1H2. The maximum absolute atomic E-state index is 13.5. The van der Waals surface area contributed by atoms with Crippen LogP contribution in [0.1, 0.15) is 18.4 Å². The fourth-order valence-electron chi connectivity index (χ4n) is 3.83. The maximum atomic E-state index is 13.5. The Bertz CT molecular complexity index is 967. The minimum atomic E-state index is -0.242. The van der Waals surface area contributed by atoms with Crippen LogP contribution in [0.2, 0.25) is 0 Å². The third-order valence-corrected chi connectivity index (χ3v) is 6.10. The number of likely N-dealkylation sites (tertiary alicyclic amines) is 1. The monoisotopic (exact) mass is 703 g/mol. The summed E-state index contributed by atoms with van der Waals surface area (Å²) in [5.74, 6) is 0.628. The quantitative estimate of drug-likeness (QED) is 0.388. The normalized spacial score (nSPS) is 14.0. The molecule has 0 radical (unpaired) electrons. The Kier molecular flexibility index (Phi) is 14.4. The smallest absolute Gasteiger partial charge is 0.204 e. The summed E-state index contributed by atoms with van der Waals surface area (Å²) in [4.78, 5) is 7.25. The van der Waals surface area contributed by atoms with Gasteiger partial charge in [-0.05, 0) is 42.7 Å². The van der Waals surface area contributed by atoms with Gasteiger partial charge in [0.1, 0.15) is 5.82 Å². The predicted octanol–water partition coefficient (Wildman–Crippen LogP) is 4.73. The second kappa shape index (κ2) is 14.6. The molecule has 1 fully saturated rings. The minimum absolute atomic E-state index is 0. The number of rotatable bonds is 6. The minimum Gasteiger partial charge on any atom is -0.412 e. The molecule has 180 valence electrons. The average molecular weight is 707 g/mol. The van der Waals surface area contributed by atoms with E-state index in [0.717, 1.165) is 59.5 Å². The van der Waals surface area contributed by atoms with Crippen molar-refractivity contribution in [3.63, 3.8) is 0 Å². The van der Waals surface area contributed by atoms with Gasteiger partial charge in [-0.3, -0.25) is 0 Å². The largest absolute Gasteiger partial charge is 0.412 e. The summed E-state index contributed by atoms with van der Waals surface area (Å²) in [6.45, 7) is 4.40. The van der Waals surface area contributed by atoms with Gasteiger partial charge in [-0.15, -0.1) is 50.9 Å². The zero-order valence-corrected chi connectivity index (χ0v) is 24.2. The highest BCUT2D eigenvalue weighted by Gasteiger charge is 2.21. The van der Waals surface area contributed by atoms with Gasteiger partial charge in [0.25, 0.3) is 0 Å². The van der Waals surface area contributed by atoms with Crippen LogP contribution in [0.4, 0.5) is 10.3 Å². The molecule has 5 N–H and O–H groups in total. The van der Waals surface area contributed by atoms with Crippen LogP contribution in [-0.4, -0.2) is 52.1 Å². The fraction of sp³-hybridized carbons (Fsp3) is 0.381. The molecule has 0 atom stereocenters. The molecule has 1 aliphatic rings.